The second kappa shape index (κ2) is 7.09. The van der Waals surface area contributed by atoms with Crippen molar-refractivity contribution in [3.8, 4) is 17.0 Å². The molecule has 0 atom stereocenters. The van der Waals surface area contributed by atoms with Crippen molar-refractivity contribution in [3.05, 3.63) is 83.6 Å². The summed E-state index contributed by atoms with van der Waals surface area (Å²) in [5.74, 6) is 0.651. The van der Waals surface area contributed by atoms with Gasteiger partial charge in [-0.3, -0.25) is 4.79 Å². The Morgan fingerprint density at radius 2 is 1.79 bits per heavy atom. The van der Waals surface area contributed by atoms with Crippen molar-refractivity contribution in [2.24, 2.45) is 0 Å². The van der Waals surface area contributed by atoms with Crippen molar-refractivity contribution in [1.82, 2.24) is 4.98 Å². The second-order valence-electron chi connectivity index (χ2n) is 5.80. The van der Waals surface area contributed by atoms with Crippen LogP contribution >= 0.6 is 0 Å². The number of carbonyl (C=O) groups excluding carboxylic acids is 1. The van der Waals surface area contributed by atoms with Gasteiger partial charge in [-0.1, -0.05) is 36.4 Å². The topological polar surface area (TPSA) is 39.2 Å². The molecule has 0 spiro atoms. The van der Waals surface area contributed by atoms with Crippen LogP contribution in [0.15, 0.2) is 66.9 Å². The fourth-order valence-electron chi connectivity index (χ4n) is 2.52. The molecule has 0 unspecified atom stereocenters. The van der Waals surface area contributed by atoms with Crippen LogP contribution < -0.4 is 4.74 Å². The van der Waals surface area contributed by atoms with Crippen LogP contribution in [0.2, 0.25) is 0 Å². The molecule has 0 fully saturated rings. The number of aromatic nitrogens is 1. The minimum Gasteiger partial charge on any atom is -0.473 e. The van der Waals surface area contributed by atoms with Crippen molar-refractivity contribution >= 4 is 5.78 Å². The zero-order chi connectivity index (χ0) is 16.9. The quantitative estimate of drug-likeness (QED) is 0.632. The van der Waals surface area contributed by atoms with Gasteiger partial charge in [0.25, 0.3) is 0 Å². The zero-order valence-corrected chi connectivity index (χ0v) is 13.8. The van der Waals surface area contributed by atoms with E-state index in [0.717, 1.165) is 27.8 Å². The van der Waals surface area contributed by atoms with Gasteiger partial charge in [0.1, 0.15) is 6.61 Å². The molecule has 0 N–H and O–H groups in total. The Balaban J connectivity index is 1.76. The molecule has 3 aromatic rings. The number of rotatable bonds is 5. The van der Waals surface area contributed by atoms with Gasteiger partial charge in [0.15, 0.2) is 5.78 Å². The Labute approximate surface area is 142 Å². The minimum atomic E-state index is 0.0655. The maximum absolute atomic E-state index is 11.6. The fourth-order valence-corrected chi connectivity index (χ4v) is 2.52. The first-order valence-electron chi connectivity index (χ1n) is 7.87. The molecule has 1 heterocycles. The van der Waals surface area contributed by atoms with Crippen molar-refractivity contribution in [1.29, 1.82) is 0 Å². The molecular formula is C21H19NO2. The smallest absolute Gasteiger partial charge is 0.213 e. The molecule has 1 aromatic heterocycles. The molecule has 0 bridgehead atoms. The highest BCUT2D eigenvalue weighted by Crippen LogP contribution is 2.23. The Morgan fingerprint density at radius 3 is 2.46 bits per heavy atom. The summed E-state index contributed by atoms with van der Waals surface area (Å²) in [4.78, 5) is 16.0. The molecule has 0 saturated heterocycles. The number of ether oxygens (including phenoxy) is 1. The zero-order valence-electron chi connectivity index (χ0n) is 13.8. The van der Waals surface area contributed by atoms with E-state index in [1.54, 1.807) is 13.1 Å². The average molecular weight is 317 g/mol. The first kappa shape index (κ1) is 15.9. The van der Waals surface area contributed by atoms with Crippen LogP contribution in [-0.2, 0) is 6.61 Å². The highest BCUT2D eigenvalue weighted by atomic mass is 16.5. The summed E-state index contributed by atoms with van der Waals surface area (Å²) in [5.41, 5.74) is 4.83. The SMILES string of the molecule is CC(=O)c1cc(C)cc(-c2ccc(OCc3ccccc3)nc2)c1. The lowest BCUT2D eigenvalue weighted by molar-refractivity contribution is 0.101. The molecule has 3 nitrogen and oxygen atoms in total. The lowest BCUT2D eigenvalue weighted by atomic mass is 10.00. The number of Topliss-reactive ketones (excluding diaryl/α,β-unsaturated/α-hetero) is 1. The average Bonchev–Trinajstić information content (AvgIpc) is 2.61. The Kier molecular flexibility index (Phi) is 4.71. The number of pyridine rings is 1. The van der Waals surface area contributed by atoms with E-state index in [4.69, 9.17) is 4.74 Å². The Morgan fingerprint density at radius 1 is 1.00 bits per heavy atom. The third-order valence-electron chi connectivity index (χ3n) is 3.78. The molecule has 24 heavy (non-hydrogen) atoms. The van der Waals surface area contributed by atoms with Crippen LogP contribution in [-0.4, -0.2) is 10.8 Å². The summed E-state index contributed by atoms with van der Waals surface area (Å²) in [6, 6.07) is 19.7. The molecule has 120 valence electrons. The number of hydrogen-bond donors (Lipinski definition) is 0. The monoisotopic (exact) mass is 317 g/mol. The highest BCUT2D eigenvalue weighted by Gasteiger charge is 2.06. The summed E-state index contributed by atoms with van der Waals surface area (Å²) >= 11 is 0. The molecule has 0 aliphatic rings. The summed E-state index contributed by atoms with van der Waals surface area (Å²) < 4.78 is 5.70. The molecule has 0 aliphatic carbocycles. The van der Waals surface area contributed by atoms with Crippen molar-refractivity contribution < 1.29 is 9.53 Å². The Hall–Kier alpha value is -2.94. The normalized spacial score (nSPS) is 10.4. The third kappa shape index (κ3) is 3.87. The van der Waals surface area contributed by atoms with Gasteiger partial charge in [0, 0.05) is 23.4 Å². The first-order valence-corrected chi connectivity index (χ1v) is 7.87. The number of nitrogens with zero attached hydrogens (tertiary/aromatic N) is 1. The predicted octanol–water partition coefficient (Wildman–Crippen LogP) is 4.84. The summed E-state index contributed by atoms with van der Waals surface area (Å²) in [5, 5.41) is 0. The van der Waals surface area contributed by atoms with Gasteiger partial charge in [0.2, 0.25) is 5.88 Å². The van der Waals surface area contributed by atoms with Gasteiger partial charge in [-0.05, 0) is 48.7 Å². The summed E-state index contributed by atoms with van der Waals surface area (Å²) in [7, 11) is 0. The van der Waals surface area contributed by atoms with Crippen LogP contribution in [0.1, 0.15) is 28.4 Å². The van der Waals surface area contributed by atoms with Crippen LogP contribution in [0.3, 0.4) is 0 Å². The molecule has 2 aromatic carbocycles. The van der Waals surface area contributed by atoms with Crippen LogP contribution in [0, 0.1) is 6.92 Å². The van der Waals surface area contributed by atoms with Crippen LogP contribution in [0.25, 0.3) is 11.1 Å². The number of aryl methyl sites for hydroxylation is 1. The summed E-state index contributed by atoms with van der Waals surface area (Å²) in [6.07, 6.45) is 1.78. The highest BCUT2D eigenvalue weighted by molar-refractivity contribution is 5.95. The van der Waals surface area contributed by atoms with Gasteiger partial charge in [0.05, 0.1) is 0 Å². The van der Waals surface area contributed by atoms with E-state index in [9.17, 15) is 4.79 Å². The molecule has 0 aliphatic heterocycles. The molecular weight excluding hydrogens is 298 g/mol. The van der Waals surface area contributed by atoms with Crippen LogP contribution in [0.5, 0.6) is 5.88 Å². The standard InChI is InChI=1S/C21H19NO2/c1-15-10-19(16(2)23)12-20(11-15)18-8-9-21(22-13-18)24-14-17-6-4-3-5-7-17/h3-13H,14H2,1-2H3. The largest absolute Gasteiger partial charge is 0.473 e. The molecule has 0 amide bonds. The van der Waals surface area contributed by atoms with Gasteiger partial charge in [-0.15, -0.1) is 0 Å². The van der Waals surface area contributed by atoms with E-state index in [1.165, 1.54) is 0 Å². The van der Waals surface area contributed by atoms with E-state index >= 15 is 0 Å². The summed E-state index contributed by atoms with van der Waals surface area (Å²) in [6.45, 7) is 4.06. The minimum absolute atomic E-state index is 0.0655. The fraction of sp³-hybridized carbons (Fsp3) is 0.143. The molecule has 0 radical (unpaired) electrons. The van der Waals surface area contributed by atoms with E-state index in [0.29, 0.717) is 12.5 Å². The maximum atomic E-state index is 11.6. The van der Waals surface area contributed by atoms with Crippen LogP contribution in [0.4, 0.5) is 0 Å². The van der Waals surface area contributed by atoms with Gasteiger partial charge in [-0.2, -0.15) is 0 Å². The van der Waals surface area contributed by atoms with E-state index in [2.05, 4.69) is 4.98 Å². The molecule has 3 rings (SSSR count). The van der Waals surface area contributed by atoms with Gasteiger partial charge < -0.3 is 4.74 Å². The van der Waals surface area contributed by atoms with Gasteiger partial charge >= 0.3 is 0 Å². The van der Waals surface area contributed by atoms with E-state index < -0.39 is 0 Å². The lowest BCUT2D eigenvalue weighted by Gasteiger charge is -2.08. The maximum Gasteiger partial charge on any atom is 0.213 e. The number of carbonyl (C=O) groups is 1. The Bertz CT molecular complexity index is 839. The van der Waals surface area contributed by atoms with Crippen molar-refractivity contribution in [3.63, 3.8) is 0 Å². The molecule has 3 heteroatoms. The first-order chi connectivity index (χ1) is 11.6. The van der Waals surface area contributed by atoms with Gasteiger partial charge in [-0.25, -0.2) is 4.98 Å². The predicted molar refractivity (Wildman–Crippen MR) is 95.2 cm³/mol. The third-order valence-corrected chi connectivity index (χ3v) is 3.78. The van der Waals surface area contributed by atoms with Crippen molar-refractivity contribution in [2.75, 3.05) is 0 Å². The number of benzene rings is 2. The second-order valence-corrected chi connectivity index (χ2v) is 5.80. The number of hydrogen-bond acceptors (Lipinski definition) is 3. The van der Waals surface area contributed by atoms with E-state index in [-0.39, 0.29) is 5.78 Å². The van der Waals surface area contributed by atoms with E-state index in [1.807, 2.05) is 67.6 Å². The molecule has 0 saturated carbocycles. The van der Waals surface area contributed by atoms with Crippen molar-refractivity contribution in [2.45, 2.75) is 20.5 Å². The number of ketones is 1. The lowest BCUT2D eigenvalue weighted by Crippen LogP contribution is -1.97.